The number of carboxylic acids is 1. The van der Waals surface area contributed by atoms with Gasteiger partial charge in [-0.05, 0) is 38.5 Å². The molecule has 0 rings (SSSR count). The summed E-state index contributed by atoms with van der Waals surface area (Å²) in [4.78, 5) is 23.1. The van der Waals surface area contributed by atoms with Gasteiger partial charge in [0, 0.05) is 12.8 Å². The SMILES string of the molecule is CCCCCCCCCCCCCCCC(=O)O.CCCCCCCCCCCCCCCCCC(=O)OC(CCCCCCCCCC)CCCCCCCCCCCCCCCCC. The Morgan fingerprint density at radius 1 is 0.273 bits per heavy atom. The van der Waals surface area contributed by atoms with Crippen molar-refractivity contribution in [3.8, 4) is 0 Å². The highest BCUT2D eigenvalue weighted by Crippen LogP contribution is 2.20. The summed E-state index contributed by atoms with van der Waals surface area (Å²) in [5.74, 6) is -0.576. The van der Waals surface area contributed by atoms with E-state index < -0.39 is 5.97 Å². The van der Waals surface area contributed by atoms with Crippen LogP contribution in [0.25, 0.3) is 0 Å². The number of esters is 1. The van der Waals surface area contributed by atoms with Gasteiger partial charge in [0.25, 0.3) is 0 Å². The number of carbonyl (C=O) groups is 2. The Morgan fingerprint density at radius 3 is 0.667 bits per heavy atom. The average molecular weight is 934 g/mol. The van der Waals surface area contributed by atoms with E-state index in [0.717, 1.165) is 32.1 Å². The second kappa shape index (κ2) is 62.0. The number of carbonyl (C=O) groups excluding carboxylic acids is 1. The summed E-state index contributed by atoms with van der Waals surface area (Å²) in [6.45, 7) is 9.15. The quantitative estimate of drug-likeness (QED) is 0.0488. The van der Waals surface area contributed by atoms with E-state index in [-0.39, 0.29) is 12.1 Å². The normalized spacial score (nSPS) is 11.8. The van der Waals surface area contributed by atoms with Crippen molar-refractivity contribution in [1.29, 1.82) is 0 Å². The van der Waals surface area contributed by atoms with Crippen LogP contribution in [0.2, 0.25) is 0 Å². The summed E-state index contributed by atoms with van der Waals surface area (Å²) < 4.78 is 6.11. The first-order valence-corrected chi connectivity index (χ1v) is 30.9. The van der Waals surface area contributed by atoms with Crippen LogP contribution in [0.15, 0.2) is 0 Å². The summed E-state index contributed by atoms with van der Waals surface area (Å²) in [6, 6.07) is 0. The number of hydrogen-bond acceptors (Lipinski definition) is 3. The van der Waals surface area contributed by atoms with Crippen molar-refractivity contribution in [2.24, 2.45) is 0 Å². The lowest BCUT2D eigenvalue weighted by Gasteiger charge is -2.18. The summed E-state index contributed by atoms with van der Waals surface area (Å²) in [5, 5.41) is 8.49. The van der Waals surface area contributed by atoms with E-state index in [0.29, 0.717) is 12.8 Å². The van der Waals surface area contributed by atoms with Crippen LogP contribution in [-0.2, 0) is 14.3 Å². The maximum absolute atomic E-state index is 12.8. The Balaban J connectivity index is 0. The molecule has 0 aliphatic heterocycles. The van der Waals surface area contributed by atoms with Gasteiger partial charge >= 0.3 is 11.9 Å². The molecular weight excluding hydrogens is 809 g/mol. The summed E-state index contributed by atoms with van der Waals surface area (Å²) >= 11 is 0. The van der Waals surface area contributed by atoms with Crippen LogP contribution in [0.1, 0.15) is 381 Å². The van der Waals surface area contributed by atoms with Crippen molar-refractivity contribution in [2.45, 2.75) is 387 Å². The van der Waals surface area contributed by atoms with Gasteiger partial charge in [0.15, 0.2) is 0 Å². The lowest BCUT2D eigenvalue weighted by molar-refractivity contribution is -0.150. The van der Waals surface area contributed by atoms with Crippen LogP contribution >= 0.6 is 0 Å². The topological polar surface area (TPSA) is 63.6 Å². The zero-order valence-corrected chi connectivity index (χ0v) is 46.1. The molecule has 1 N–H and O–H groups in total. The molecule has 0 aliphatic rings. The summed E-state index contributed by atoms with van der Waals surface area (Å²) in [7, 11) is 0. The molecule has 0 aromatic carbocycles. The van der Waals surface area contributed by atoms with Crippen molar-refractivity contribution >= 4 is 11.9 Å². The smallest absolute Gasteiger partial charge is 0.306 e. The molecule has 0 radical (unpaired) electrons. The minimum Gasteiger partial charge on any atom is -0.481 e. The van der Waals surface area contributed by atoms with E-state index in [1.165, 1.54) is 308 Å². The van der Waals surface area contributed by atoms with Gasteiger partial charge in [-0.15, -0.1) is 0 Å². The van der Waals surface area contributed by atoms with Crippen LogP contribution in [0, 0.1) is 0 Å². The maximum atomic E-state index is 12.8. The fraction of sp³-hybridized carbons (Fsp3) is 0.968. The van der Waals surface area contributed by atoms with Gasteiger partial charge in [-0.25, -0.2) is 0 Å². The molecule has 0 bridgehead atoms. The van der Waals surface area contributed by atoms with Crippen molar-refractivity contribution in [3.05, 3.63) is 0 Å². The number of rotatable bonds is 56. The van der Waals surface area contributed by atoms with Gasteiger partial charge < -0.3 is 9.84 Å². The Hall–Kier alpha value is -1.06. The lowest BCUT2D eigenvalue weighted by Crippen LogP contribution is -2.18. The third kappa shape index (κ3) is 62.9. The molecule has 0 aromatic rings. The molecule has 0 aromatic heterocycles. The molecule has 1 unspecified atom stereocenters. The molecule has 0 aliphatic carbocycles. The largest absolute Gasteiger partial charge is 0.481 e. The molecule has 1 atom stereocenters. The van der Waals surface area contributed by atoms with Crippen LogP contribution in [0.5, 0.6) is 0 Å². The Bertz CT molecular complexity index is 887. The molecule has 0 amide bonds. The van der Waals surface area contributed by atoms with Gasteiger partial charge in [-0.2, -0.15) is 0 Å². The third-order valence-electron chi connectivity index (χ3n) is 14.3. The number of carboxylic acid groups (broad SMARTS) is 1. The lowest BCUT2D eigenvalue weighted by atomic mass is 10.0. The molecule has 0 saturated heterocycles. The fourth-order valence-corrected chi connectivity index (χ4v) is 9.69. The van der Waals surface area contributed by atoms with Crippen molar-refractivity contribution in [2.75, 3.05) is 0 Å². The van der Waals surface area contributed by atoms with E-state index >= 15 is 0 Å². The standard InChI is InChI=1S/C46H92O2.C16H32O2/c1-4-7-10-13-16-19-21-23-25-27-29-31-34-37-40-43-45(42-39-36-33-18-15-12-9-6-3)48-46(47)44-41-38-35-32-30-28-26-24-22-20-17-14-11-8-5-2;1-2-3-4-5-6-7-8-9-10-11-12-13-14-15-16(17)18/h45H,4-44H2,1-3H3;2-15H2,1H3,(H,17,18). The first kappa shape index (κ1) is 67.0. The first-order chi connectivity index (χ1) is 32.5. The molecule has 66 heavy (non-hydrogen) atoms. The number of ether oxygens (including phenoxy) is 1. The highest BCUT2D eigenvalue weighted by atomic mass is 16.5. The number of aliphatic carboxylic acids is 1. The molecule has 4 nitrogen and oxygen atoms in total. The fourth-order valence-electron chi connectivity index (χ4n) is 9.69. The molecular formula is C62H124O4. The van der Waals surface area contributed by atoms with Gasteiger partial charge in [-0.3, -0.25) is 9.59 Å². The van der Waals surface area contributed by atoms with Gasteiger partial charge in [-0.1, -0.05) is 329 Å². The predicted octanol–water partition coefficient (Wildman–Crippen LogP) is 22.5. The van der Waals surface area contributed by atoms with Gasteiger partial charge in [0.2, 0.25) is 0 Å². The highest BCUT2D eigenvalue weighted by molar-refractivity contribution is 5.69. The third-order valence-corrected chi connectivity index (χ3v) is 14.3. The van der Waals surface area contributed by atoms with E-state index in [2.05, 4.69) is 27.7 Å². The Kier molecular flexibility index (Phi) is 62.9. The average Bonchev–Trinajstić information content (AvgIpc) is 3.31. The molecule has 0 spiro atoms. The minimum atomic E-state index is -0.655. The van der Waals surface area contributed by atoms with Crippen LogP contribution < -0.4 is 0 Å². The van der Waals surface area contributed by atoms with E-state index in [9.17, 15) is 9.59 Å². The minimum absolute atomic E-state index is 0.0789. The van der Waals surface area contributed by atoms with Crippen molar-refractivity contribution in [3.63, 3.8) is 0 Å². The second-order valence-electron chi connectivity index (χ2n) is 21.2. The molecule has 0 heterocycles. The second-order valence-corrected chi connectivity index (χ2v) is 21.2. The monoisotopic (exact) mass is 933 g/mol. The van der Waals surface area contributed by atoms with Crippen LogP contribution in [0.3, 0.4) is 0 Å². The van der Waals surface area contributed by atoms with Gasteiger partial charge in [0.1, 0.15) is 6.10 Å². The van der Waals surface area contributed by atoms with Gasteiger partial charge in [0.05, 0.1) is 0 Å². The molecule has 0 saturated carbocycles. The van der Waals surface area contributed by atoms with Crippen LogP contribution in [-0.4, -0.2) is 23.1 Å². The van der Waals surface area contributed by atoms with Crippen molar-refractivity contribution in [1.82, 2.24) is 0 Å². The maximum Gasteiger partial charge on any atom is 0.306 e. The molecule has 396 valence electrons. The van der Waals surface area contributed by atoms with E-state index in [1.807, 2.05) is 0 Å². The Labute approximate surface area is 416 Å². The molecule has 4 heteroatoms. The first-order valence-electron chi connectivity index (χ1n) is 30.9. The van der Waals surface area contributed by atoms with E-state index in [4.69, 9.17) is 9.84 Å². The Morgan fingerprint density at radius 2 is 0.455 bits per heavy atom. The summed E-state index contributed by atoms with van der Waals surface area (Å²) in [5.41, 5.74) is 0. The predicted molar refractivity (Wildman–Crippen MR) is 294 cm³/mol. The number of unbranched alkanes of at least 4 members (excludes halogenated alkanes) is 47. The molecule has 0 fully saturated rings. The highest BCUT2D eigenvalue weighted by Gasteiger charge is 2.14. The zero-order chi connectivity index (χ0) is 48.3. The number of hydrogen-bond donors (Lipinski definition) is 1. The van der Waals surface area contributed by atoms with Crippen LogP contribution in [0.4, 0.5) is 0 Å². The van der Waals surface area contributed by atoms with Crippen molar-refractivity contribution < 1.29 is 19.4 Å². The zero-order valence-electron chi connectivity index (χ0n) is 46.1. The summed E-state index contributed by atoms with van der Waals surface area (Å²) in [6.07, 6.45) is 72.4. The van der Waals surface area contributed by atoms with E-state index in [1.54, 1.807) is 0 Å².